The van der Waals surface area contributed by atoms with Crippen molar-refractivity contribution in [2.75, 3.05) is 0 Å². The normalized spacial score (nSPS) is 0. The quantitative estimate of drug-likeness (QED) is 0.435. The van der Waals surface area contributed by atoms with E-state index in [-0.39, 0.29) is 82.5 Å². The van der Waals surface area contributed by atoms with Gasteiger partial charge in [-0.15, -0.1) is 0 Å². The van der Waals surface area contributed by atoms with Crippen LogP contribution in [0, 0.1) is 0 Å². The minimum Gasteiger partial charge on any atom is 0 e. The Kier molecular flexibility index (Phi) is 130. The maximum absolute atomic E-state index is 0. The molecule has 12 valence electrons. The Balaban J connectivity index is 0. The molecule has 0 unspecified atom stereocenters. The first-order chi connectivity index (χ1) is 0. The van der Waals surface area contributed by atoms with Gasteiger partial charge in [0.05, 0.1) is 0 Å². The zero-order valence-corrected chi connectivity index (χ0v) is 7.92. The first kappa shape index (κ1) is 30.0. The summed E-state index contributed by atoms with van der Waals surface area (Å²) >= 11 is 0. The van der Waals surface area contributed by atoms with Crippen molar-refractivity contribution in [1.29, 1.82) is 0 Å². The summed E-state index contributed by atoms with van der Waals surface area (Å²) in [7, 11) is 0. The number of rotatable bonds is 0. The summed E-state index contributed by atoms with van der Waals surface area (Å²) < 4.78 is 0. The second-order valence-electron chi connectivity index (χ2n) is 0. The fourth-order valence-electron chi connectivity index (χ4n) is 0. The molecule has 4 heteroatoms. The van der Waals surface area contributed by atoms with Gasteiger partial charge in [-0.05, 0) is 0 Å². The van der Waals surface area contributed by atoms with Crippen LogP contribution >= 0.6 is 0 Å². The Hall–Kier alpha value is 2.68. The minimum atomic E-state index is 0. The second kappa shape index (κ2) is 17.3. The van der Waals surface area contributed by atoms with Crippen LogP contribution in [-0.2, 0) is 65.2 Å². The van der Waals surface area contributed by atoms with Gasteiger partial charge in [0.1, 0.15) is 0 Å². The molecule has 0 aromatic carbocycles. The van der Waals surface area contributed by atoms with Crippen LogP contribution in [0.4, 0.5) is 0 Å². The van der Waals surface area contributed by atoms with E-state index in [9.17, 15) is 0 Å². The Labute approximate surface area is 81.3 Å². The van der Waals surface area contributed by atoms with E-state index in [0.29, 0.717) is 0 Å². The standard InChI is InChI=1S/Al.3Ti/q+3;;;. The molecule has 0 aromatic heterocycles. The van der Waals surface area contributed by atoms with Crippen molar-refractivity contribution < 1.29 is 65.2 Å². The van der Waals surface area contributed by atoms with Crippen LogP contribution < -0.4 is 0 Å². The van der Waals surface area contributed by atoms with Gasteiger partial charge < -0.3 is 0 Å². The zero-order chi connectivity index (χ0) is 0. The summed E-state index contributed by atoms with van der Waals surface area (Å²) in [6.07, 6.45) is 0. The van der Waals surface area contributed by atoms with E-state index in [1.807, 2.05) is 0 Å². The first-order valence-electron chi connectivity index (χ1n) is 0. The molecule has 0 rings (SSSR count). The van der Waals surface area contributed by atoms with Crippen molar-refractivity contribution in [3.8, 4) is 0 Å². The van der Waals surface area contributed by atoms with Crippen LogP contribution in [0.3, 0.4) is 0 Å². The van der Waals surface area contributed by atoms with Crippen molar-refractivity contribution in [2.24, 2.45) is 0 Å². The summed E-state index contributed by atoms with van der Waals surface area (Å²) in [5.74, 6) is 0. The molecule has 0 aliphatic heterocycles. The van der Waals surface area contributed by atoms with Crippen LogP contribution in [0.1, 0.15) is 0 Å². The molecule has 0 atom stereocenters. The fraction of sp³-hybridized carbons (Fsp3) is 0. The molecule has 0 fully saturated rings. The second-order valence-corrected chi connectivity index (χ2v) is 0. The molecular weight excluding hydrogens is 171 g/mol. The third kappa shape index (κ3) is 8.82. The third-order valence-corrected chi connectivity index (χ3v) is 0. The molecule has 4 heavy (non-hydrogen) atoms. The van der Waals surface area contributed by atoms with Crippen LogP contribution in [0.25, 0.3) is 0 Å². The van der Waals surface area contributed by atoms with Gasteiger partial charge in [-0.2, -0.15) is 0 Å². The Morgan fingerprint density at radius 3 is 0.500 bits per heavy atom. The van der Waals surface area contributed by atoms with Crippen molar-refractivity contribution in [2.45, 2.75) is 0 Å². The molecular formula is AlTi3+3. The van der Waals surface area contributed by atoms with Gasteiger partial charge in [0.2, 0.25) is 0 Å². The molecule has 0 aromatic rings. The van der Waals surface area contributed by atoms with Crippen molar-refractivity contribution in [3.63, 3.8) is 0 Å². The van der Waals surface area contributed by atoms with E-state index in [1.54, 1.807) is 0 Å². The summed E-state index contributed by atoms with van der Waals surface area (Å²) in [6, 6.07) is 0. The van der Waals surface area contributed by atoms with Gasteiger partial charge in [0.15, 0.2) is 0 Å². The third-order valence-electron chi connectivity index (χ3n) is 0. The van der Waals surface area contributed by atoms with Gasteiger partial charge in [-0.25, -0.2) is 0 Å². The first-order valence-corrected chi connectivity index (χ1v) is 0. The summed E-state index contributed by atoms with van der Waals surface area (Å²) in [5.41, 5.74) is 0. The smallest absolute Gasteiger partial charge is 0 e. The predicted octanol–water partition coefficient (Wildman–Crippen LogP) is -0.388. The molecule has 0 saturated carbocycles. The van der Waals surface area contributed by atoms with Crippen LogP contribution in [0.2, 0.25) is 0 Å². The van der Waals surface area contributed by atoms with Crippen molar-refractivity contribution in [3.05, 3.63) is 0 Å². The van der Waals surface area contributed by atoms with E-state index in [2.05, 4.69) is 0 Å². The molecule has 0 nitrogen and oxygen atoms in total. The maximum Gasteiger partial charge on any atom is 3.00 e. The molecule has 0 aliphatic rings. The van der Waals surface area contributed by atoms with E-state index in [4.69, 9.17) is 0 Å². The topological polar surface area (TPSA) is 0 Å². The van der Waals surface area contributed by atoms with Gasteiger partial charge >= 0.3 is 17.4 Å². The zero-order valence-electron chi connectivity index (χ0n) is 2.08. The monoisotopic (exact) mass is 171 g/mol. The molecule has 0 bridgehead atoms. The predicted molar refractivity (Wildman–Crippen MR) is 5.75 cm³/mol. The molecule has 0 radical (unpaired) electrons. The summed E-state index contributed by atoms with van der Waals surface area (Å²) in [6.45, 7) is 0. The number of hydrogen-bond acceptors (Lipinski definition) is 0. The van der Waals surface area contributed by atoms with E-state index in [1.165, 1.54) is 0 Å². The molecule has 0 amide bonds. The Bertz CT molecular complexity index is 3.25. The van der Waals surface area contributed by atoms with Crippen LogP contribution in [0.15, 0.2) is 0 Å². The fourth-order valence-corrected chi connectivity index (χ4v) is 0. The van der Waals surface area contributed by atoms with Gasteiger partial charge in [0, 0.05) is 65.2 Å². The van der Waals surface area contributed by atoms with Crippen LogP contribution in [-0.4, -0.2) is 17.4 Å². The van der Waals surface area contributed by atoms with E-state index in [0.717, 1.165) is 0 Å². The average Bonchev–Trinajstić information content (AvgIpc) is 0. The molecule has 0 saturated heterocycles. The Morgan fingerprint density at radius 1 is 0.500 bits per heavy atom. The van der Waals surface area contributed by atoms with Gasteiger partial charge in [-0.3, -0.25) is 0 Å². The van der Waals surface area contributed by atoms with Crippen LogP contribution in [0.5, 0.6) is 0 Å². The molecule has 0 aliphatic carbocycles. The largest absolute Gasteiger partial charge is 3.00 e. The summed E-state index contributed by atoms with van der Waals surface area (Å²) in [5, 5.41) is 0. The van der Waals surface area contributed by atoms with Gasteiger partial charge in [0.25, 0.3) is 0 Å². The van der Waals surface area contributed by atoms with Crippen molar-refractivity contribution in [1.82, 2.24) is 0 Å². The van der Waals surface area contributed by atoms with Gasteiger partial charge in [-0.1, -0.05) is 0 Å². The molecule has 0 heterocycles. The average molecular weight is 171 g/mol. The molecule has 0 N–H and O–H groups in total. The summed E-state index contributed by atoms with van der Waals surface area (Å²) in [4.78, 5) is 0. The Morgan fingerprint density at radius 2 is 0.500 bits per heavy atom. The molecule has 0 spiro atoms. The van der Waals surface area contributed by atoms with Crippen molar-refractivity contribution >= 4 is 17.4 Å². The van der Waals surface area contributed by atoms with E-state index < -0.39 is 0 Å². The van der Waals surface area contributed by atoms with E-state index >= 15 is 0 Å². The maximum atomic E-state index is 0. The SMILES string of the molecule is [Al+3].[Ti].[Ti].[Ti]. The minimum absolute atomic E-state index is 0. The number of hydrogen-bond donors (Lipinski definition) is 0.